The first kappa shape index (κ1) is 17.9. The summed E-state index contributed by atoms with van der Waals surface area (Å²) in [7, 11) is 0. The van der Waals surface area contributed by atoms with Gasteiger partial charge < -0.3 is 0 Å². The lowest BCUT2D eigenvalue weighted by atomic mass is 9.70. The first-order valence-electron chi connectivity index (χ1n) is 10.6. The Bertz CT molecular complexity index is 1150. The fraction of sp³-hybridized carbons (Fsp3) is 0.172. The Kier molecular flexibility index (Phi) is 4.17. The van der Waals surface area contributed by atoms with Gasteiger partial charge in [0.2, 0.25) is 0 Å². The van der Waals surface area contributed by atoms with E-state index in [1.54, 1.807) is 0 Å². The summed E-state index contributed by atoms with van der Waals surface area (Å²) in [6, 6.07) is 33.8. The molecule has 142 valence electrons. The Balaban J connectivity index is 0.000000573. The van der Waals surface area contributed by atoms with Crippen LogP contribution in [0, 0.1) is 6.92 Å². The number of fused-ring (bicyclic) bond motifs is 10. The van der Waals surface area contributed by atoms with Crippen molar-refractivity contribution in [2.45, 2.75) is 32.6 Å². The van der Waals surface area contributed by atoms with Gasteiger partial charge in [-0.15, -0.1) is 0 Å². The molecule has 0 amide bonds. The van der Waals surface area contributed by atoms with Gasteiger partial charge in [0.1, 0.15) is 0 Å². The van der Waals surface area contributed by atoms with Crippen LogP contribution in [-0.4, -0.2) is 0 Å². The molecular weight excluding hydrogens is 348 g/mol. The largest absolute Gasteiger partial charge is 0.0725 e. The summed E-state index contributed by atoms with van der Waals surface area (Å²) in [6.45, 7) is 6.45. The first-order chi connectivity index (χ1) is 14.2. The van der Waals surface area contributed by atoms with Crippen LogP contribution in [-0.2, 0) is 5.41 Å². The molecule has 0 N–H and O–H groups in total. The van der Waals surface area contributed by atoms with Crippen molar-refractivity contribution in [1.29, 1.82) is 0 Å². The predicted molar refractivity (Wildman–Crippen MR) is 123 cm³/mol. The summed E-state index contributed by atoms with van der Waals surface area (Å²) < 4.78 is 0. The minimum Gasteiger partial charge on any atom is -0.0656 e. The van der Waals surface area contributed by atoms with Crippen LogP contribution >= 0.6 is 0 Å². The van der Waals surface area contributed by atoms with E-state index < -0.39 is 0 Å². The van der Waals surface area contributed by atoms with Crippen molar-refractivity contribution in [2.75, 3.05) is 0 Å². The summed E-state index contributed by atoms with van der Waals surface area (Å²) in [5, 5.41) is 0. The van der Waals surface area contributed by atoms with Gasteiger partial charge in [0.25, 0.3) is 0 Å². The van der Waals surface area contributed by atoms with Gasteiger partial charge in [-0.25, -0.2) is 0 Å². The van der Waals surface area contributed by atoms with Crippen LogP contribution < -0.4 is 0 Å². The molecule has 6 rings (SSSR count). The first-order valence-corrected chi connectivity index (χ1v) is 10.6. The van der Waals surface area contributed by atoms with Crippen LogP contribution in [0.4, 0.5) is 0 Å². The highest BCUT2D eigenvalue weighted by Gasteiger charge is 2.51. The van der Waals surface area contributed by atoms with Crippen LogP contribution in [0.1, 0.15) is 48.1 Å². The van der Waals surface area contributed by atoms with Gasteiger partial charge in [-0.1, -0.05) is 117 Å². The van der Waals surface area contributed by atoms with Gasteiger partial charge in [-0.2, -0.15) is 0 Å². The minimum atomic E-state index is -0.189. The van der Waals surface area contributed by atoms with Crippen molar-refractivity contribution < 1.29 is 0 Å². The maximum atomic E-state index is 2.40. The second-order valence-electron chi connectivity index (χ2n) is 8.14. The van der Waals surface area contributed by atoms with Crippen molar-refractivity contribution in [3.05, 3.63) is 119 Å². The fourth-order valence-corrected chi connectivity index (χ4v) is 5.21. The summed E-state index contributed by atoms with van der Waals surface area (Å²) in [6.07, 6.45) is 1.25. The highest BCUT2D eigenvalue weighted by Crippen LogP contribution is 2.62. The molecule has 1 spiro atoms. The topological polar surface area (TPSA) is 0 Å². The molecule has 4 aromatic rings. The van der Waals surface area contributed by atoms with Crippen LogP contribution in [0.25, 0.3) is 22.3 Å². The molecule has 0 fully saturated rings. The van der Waals surface area contributed by atoms with Crippen molar-refractivity contribution in [3.63, 3.8) is 0 Å². The van der Waals surface area contributed by atoms with Gasteiger partial charge >= 0.3 is 0 Å². The van der Waals surface area contributed by atoms with Gasteiger partial charge in [-0.3, -0.25) is 0 Å². The third kappa shape index (κ3) is 2.32. The number of hydrogen-bond acceptors (Lipinski definition) is 0. The van der Waals surface area contributed by atoms with E-state index in [0.717, 1.165) is 0 Å². The second-order valence-corrected chi connectivity index (χ2v) is 8.14. The zero-order valence-electron chi connectivity index (χ0n) is 17.4. The molecule has 4 aromatic carbocycles. The molecule has 0 nitrogen and oxygen atoms in total. The molecule has 0 heteroatoms. The quantitative estimate of drug-likeness (QED) is 0.255. The van der Waals surface area contributed by atoms with E-state index in [-0.39, 0.29) is 5.41 Å². The Morgan fingerprint density at radius 1 is 0.517 bits per heavy atom. The molecule has 0 aromatic heterocycles. The molecule has 0 aliphatic heterocycles. The fourth-order valence-electron chi connectivity index (χ4n) is 5.21. The minimum absolute atomic E-state index is 0.189. The maximum Gasteiger partial charge on any atom is 0.0725 e. The Morgan fingerprint density at radius 3 is 1.34 bits per heavy atom. The summed E-state index contributed by atoms with van der Waals surface area (Å²) in [5.74, 6) is 0. The maximum absolute atomic E-state index is 2.40. The Morgan fingerprint density at radius 2 is 0.897 bits per heavy atom. The van der Waals surface area contributed by atoms with Gasteiger partial charge in [-0.05, 0) is 51.4 Å². The van der Waals surface area contributed by atoms with E-state index in [9.17, 15) is 0 Å². The highest BCUT2D eigenvalue weighted by molar-refractivity contribution is 5.94. The Labute approximate surface area is 173 Å². The average molecular weight is 375 g/mol. The van der Waals surface area contributed by atoms with Crippen molar-refractivity contribution in [3.8, 4) is 22.3 Å². The second kappa shape index (κ2) is 6.74. The van der Waals surface area contributed by atoms with Crippen molar-refractivity contribution >= 4 is 0 Å². The number of rotatable bonds is 0. The lowest BCUT2D eigenvalue weighted by molar-refractivity contribution is 0.792. The lowest BCUT2D eigenvalue weighted by Gasteiger charge is -2.30. The smallest absolute Gasteiger partial charge is 0.0656 e. The van der Waals surface area contributed by atoms with E-state index >= 15 is 0 Å². The standard InChI is InChI=1S/C26H18.C3H8/c1-17-14-15-21-20-10-4-7-13-24(20)26(25(21)16-17)22-11-5-2-8-18(22)19-9-3-6-12-23(19)26;1-3-2/h2-16H,1H3;3H2,1-2H3. The molecule has 0 saturated carbocycles. The molecule has 0 atom stereocenters. The highest BCUT2D eigenvalue weighted by atomic mass is 14.5. The third-order valence-electron chi connectivity index (χ3n) is 6.15. The molecule has 0 saturated heterocycles. The lowest BCUT2D eigenvalue weighted by Crippen LogP contribution is -2.25. The molecule has 2 aliphatic carbocycles. The van der Waals surface area contributed by atoms with Crippen LogP contribution in [0.5, 0.6) is 0 Å². The normalized spacial score (nSPS) is 13.8. The predicted octanol–water partition coefficient (Wildman–Crippen LogP) is 7.75. The SMILES string of the molecule is CCC.Cc1ccc2c(c1)C1(c3ccccc3-c3ccccc31)c1ccccc1-2. The zero-order chi connectivity index (χ0) is 20.0. The van der Waals surface area contributed by atoms with Crippen LogP contribution in [0.3, 0.4) is 0 Å². The molecule has 0 radical (unpaired) electrons. The number of aryl methyl sites for hydroxylation is 1. The van der Waals surface area contributed by atoms with E-state index in [1.165, 1.54) is 56.5 Å². The number of benzene rings is 4. The van der Waals surface area contributed by atoms with Gasteiger partial charge in [0.15, 0.2) is 0 Å². The Hall–Kier alpha value is -3.12. The average Bonchev–Trinajstić information content (AvgIpc) is 3.21. The van der Waals surface area contributed by atoms with Gasteiger partial charge in [0.05, 0.1) is 5.41 Å². The third-order valence-corrected chi connectivity index (χ3v) is 6.15. The summed E-state index contributed by atoms with van der Waals surface area (Å²) >= 11 is 0. The number of hydrogen-bond donors (Lipinski definition) is 0. The molecule has 0 unspecified atom stereocenters. The van der Waals surface area contributed by atoms with Gasteiger partial charge in [0, 0.05) is 0 Å². The monoisotopic (exact) mass is 374 g/mol. The van der Waals surface area contributed by atoms with E-state index in [0.29, 0.717) is 0 Å². The summed E-state index contributed by atoms with van der Waals surface area (Å²) in [5.41, 5.74) is 12.3. The van der Waals surface area contributed by atoms with E-state index in [4.69, 9.17) is 0 Å². The van der Waals surface area contributed by atoms with E-state index in [1.807, 2.05) is 0 Å². The molecule has 0 bridgehead atoms. The van der Waals surface area contributed by atoms with Crippen molar-refractivity contribution in [1.82, 2.24) is 0 Å². The zero-order valence-corrected chi connectivity index (χ0v) is 17.4. The summed E-state index contributed by atoms with van der Waals surface area (Å²) in [4.78, 5) is 0. The molecule has 0 heterocycles. The molecular formula is C29H26. The van der Waals surface area contributed by atoms with E-state index in [2.05, 4.69) is 112 Å². The van der Waals surface area contributed by atoms with Crippen LogP contribution in [0.15, 0.2) is 91.0 Å². The van der Waals surface area contributed by atoms with Crippen LogP contribution in [0.2, 0.25) is 0 Å². The van der Waals surface area contributed by atoms with Crippen molar-refractivity contribution in [2.24, 2.45) is 0 Å². The molecule has 2 aliphatic rings. The molecule has 29 heavy (non-hydrogen) atoms.